The van der Waals surface area contributed by atoms with Crippen LogP contribution in [-0.4, -0.2) is 29.2 Å². The summed E-state index contributed by atoms with van der Waals surface area (Å²) in [7, 11) is -4.30. The molecule has 1 N–H and O–H groups in total. The lowest BCUT2D eigenvalue weighted by molar-refractivity contribution is 0.0571. The second-order valence-electron chi connectivity index (χ2n) is 7.93. The van der Waals surface area contributed by atoms with E-state index in [1.165, 1.54) is 16.7 Å². The number of hydrogen-bond acceptors (Lipinski definition) is 6. The van der Waals surface area contributed by atoms with Gasteiger partial charge >= 0.3 is 0 Å². The van der Waals surface area contributed by atoms with Crippen molar-refractivity contribution in [1.29, 1.82) is 0 Å². The molecule has 0 saturated heterocycles. The number of halogens is 1. The Bertz CT molecular complexity index is 1320. The van der Waals surface area contributed by atoms with E-state index in [4.69, 9.17) is 4.74 Å². The summed E-state index contributed by atoms with van der Waals surface area (Å²) in [5.74, 6) is -0.422. The van der Waals surface area contributed by atoms with Crippen LogP contribution in [0.1, 0.15) is 43.3 Å². The van der Waals surface area contributed by atoms with Gasteiger partial charge in [-0.05, 0) is 62.1 Å². The topological polar surface area (TPSA) is 98.5 Å². The fourth-order valence-corrected chi connectivity index (χ4v) is 5.60. The Balaban J connectivity index is 1.93. The summed E-state index contributed by atoms with van der Waals surface area (Å²) in [5.41, 5.74) is 1.07. The lowest BCUT2D eigenvalue weighted by Crippen LogP contribution is -2.27. The lowest BCUT2D eigenvalue weighted by Gasteiger charge is -2.23. The van der Waals surface area contributed by atoms with Crippen molar-refractivity contribution < 1.29 is 18.3 Å². The Labute approximate surface area is 194 Å². The molecule has 1 atom stereocenters. The van der Waals surface area contributed by atoms with Crippen LogP contribution in [0, 0.1) is 0 Å². The molecule has 7 nitrogen and oxygen atoms in total. The highest BCUT2D eigenvalue weighted by Gasteiger charge is 2.34. The summed E-state index contributed by atoms with van der Waals surface area (Å²) < 4.78 is 34.4. The van der Waals surface area contributed by atoms with Gasteiger partial charge in [0, 0.05) is 4.47 Å². The van der Waals surface area contributed by atoms with Crippen molar-refractivity contribution >= 4 is 25.8 Å². The van der Waals surface area contributed by atoms with Crippen molar-refractivity contribution in [1.82, 2.24) is 9.55 Å². The van der Waals surface area contributed by atoms with Crippen molar-refractivity contribution in [3.63, 3.8) is 0 Å². The summed E-state index contributed by atoms with van der Waals surface area (Å²) in [5, 5.41) is 11.2. The van der Waals surface area contributed by atoms with Crippen LogP contribution in [0.4, 0.5) is 0 Å². The highest BCUT2D eigenvalue weighted by molar-refractivity contribution is 9.10. The number of aryl methyl sites for hydroxylation is 1. The molecule has 1 heterocycles. The van der Waals surface area contributed by atoms with E-state index < -0.39 is 26.2 Å². The zero-order valence-electron chi connectivity index (χ0n) is 17.7. The van der Waals surface area contributed by atoms with Gasteiger partial charge in [0.2, 0.25) is 15.7 Å². The molecule has 0 radical (unpaired) electrons. The van der Waals surface area contributed by atoms with E-state index in [2.05, 4.69) is 20.9 Å². The number of aromatic hydroxyl groups is 1. The summed E-state index contributed by atoms with van der Waals surface area (Å²) in [4.78, 5) is 16.1. The van der Waals surface area contributed by atoms with E-state index in [9.17, 15) is 18.3 Å². The van der Waals surface area contributed by atoms with E-state index in [1.54, 1.807) is 12.1 Å². The van der Waals surface area contributed by atoms with Gasteiger partial charge < -0.3 is 9.84 Å². The van der Waals surface area contributed by atoms with Crippen molar-refractivity contribution in [3.8, 4) is 5.88 Å². The fraction of sp³-hybridized carbons (Fsp3) is 0.304. The number of sulfone groups is 1. The average molecular weight is 519 g/mol. The van der Waals surface area contributed by atoms with Gasteiger partial charge in [-0.3, -0.25) is 9.36 Å². The van der Waals surface area contributed by atoms with E-state index in [1.807, 2.05) is 38.1 Å². The number of ether oxygens (including phenoxy) is 1. The number of aromatic nitrogens is 2. The molecule has 1 aliphatic rings. The smallest absolute Gasteiger partial charge is 0.296 e. The Hall–Kier alpha value is -2.49. The third-order valence-electron chi connectivity index (χ3n) is 5.49. The Morgan fingerprint density at radius 1 is 1.19 bits per heavy atom. The van der Waals surface area contributed by atoms with Crippen LogP contribution < -0.4 is 5.56 Å². The first-order valence-electron chi connectivity index (χ1n) is 10.2. The molecule has 0 spiro atoms. The van der Waals surface area contributed by atoms with Crippen LogP contribution in [0.5, 0.6) is 5.88 Å². The van der Waals surface area contributed by atoms with Crippen LogP contribution >= 0.6 is 15.9 Å². The first-order chi connectivity index (χ1) is 15.2. The molecule has 0 unspecified atom stereocenters. The molecule has 0 fully saturated rings. The standard InChI is InChI=1S/C23H23BrN2O5S/c1-14(2)31-13-20-25-22(27)21(32(29,30)17-10-8-16(24)9-11-17)23(28)26(20)19-12-7-15-5-3-4-6-18(15)19/h3-6,8-11,14,19,28H,7,12-13H2,1-2H3/t19-/m0/s1. The maximum absolute atomic E-state index is 13.3. The molecule has 9 heteroatoms. The summed E-state index contributed by atoms with van der Waals surface area (Å²) in [6.07, 6.45) is 1.28. The van der Waals surface area contributed by atoms with E-state index in [-0.39, 0.29) is 29.5 Å². The summed E-state index contributed by atoms with van der Waals surface area (Å²) in [6.45, 7) is 3.66. The number of hydrogen-bond donors (Lipinski definition) is 1. The van der Waals surface area contributed by atoms with Gasteiger partial charge in [0.15, 0.2) is 4.90 Å². The molecule has 0 aliphatic heterocycles. The zero-order chi connectivity index (χ0) is 23.0. The second kappa shape index (κ2) is 8.80. The molecular weight excluding hydrogens is 496 g/mol. The third kappa shape index (κ3) is 4.12. The van der Waals surface area contributed by atoms with Crippen molar-refractivity contribution in [2.24, 2.45) is 0 Å². The highest BCUT2D eigenvalue weighted by atomic mass is 79.9. The molecule has 1 aliphatic carbocycles. The minimum atomic E-state index is -4.30. The number of fused-ring (bicyclic) bond motifs is 1. The van der Waals surface area contributed by atoms with Crippen molar-refractivity contribution in [2.75, 3.05) is 0 Å². The Morgan fingerprint density at radius 3 is 2.56 bits per heavy atom. The molecule has 3 aromatic rings. The van der Waals surface area contributed by atoms with Gasteiger partial charge in [0.1, 0.15) is 12.4 Å². The minimum Gasteiger partial charge on any atom is -0.493 e. The van der Waals surface area contributed by atoms with Crippen molar-refractivity contribution in [2.45, 2.75) is 55.2 Å². The predicted octanol–water partition coefficient (Wildman–Crippen LogP) is 4.00. The van der Waals surface area contributed by atoms with Crippen LogP contribution in [0.15, 0.2) is 67.6 Å². The van der Waals surface area contributed by atoms with Crippen LogP contribution in [0.2, 0.25) is 0 Å². The molecule has 4 rings (SSSR count). The van der Waals surface area contributed by atoms with Gasteiger partial charge in [-0.25, -0.2) is 8.42 Å². The first-order valence-corrected chi connectivity index (χ1v) is 12.5. The van der Waals surface area contributed by atoms with Crippen molar-refractivity contribution in [3.05, 3.63) is 80.3 Å². The molecule has 0 amide bonds. The van der Waals surface area contributed by atoms with E-state index in [0.717, 1.165) is 17.5 Å². The number of nitrogens with zero attached hydrogens (tertiary/aromatic N) is 2. The van der Waals surface area contributed by atoms with Crippen LogP contribution in [-0.2, 0) is 27.6 Å². The molecule has 1 aromatic heterocycles. The van der Waals surface area contributed by atoms with Gasteiger partial charge in [-0.2, -0.15) is 4.98 Å². The SMILES string of the molecule is CC(C)OCc1nc(=O)c(S(=O)(=O)c2ccc(Br)cc2)c(O)n1[C@H]1CCc2ccccc21. The fourth-order valence-electron chi connectivity index (χ4n) is 3.99. The third-order valence-corrected chi connectivity index (χ3v) is 7.80. The van der Waals surface area contributed by atoms with Gasteiger partial charge in [-0.1, -0.05) is 40.2 Å². The monoisotopic (exact) mass is 518 g/mol. The number of benzene rings is 2. The largest absolute Gasteiger partial charge is 0.493 e. The molecule has 2 aromatic carbocycles. The summed E-state index contributed by atoms with van der Waals surface area (Å²) in [6, 6.07) is 13.3. The van der Waals surface area contributed by atoms with Crippen LogP contribution in [0.25, 0.3) is 0 Å². The first kappa shape index (κ1) is 22.7. The normalized spacial score (nSPS) is 15.8. The summed E-state index contributed by atoms with van der Waals surface area (Å²) >= 11 is 3.27. The van der Waals surface area contributed by atoms with Gasteiger partial charge in [0.25, 0.3) is 5.56 Å². The average Bonchev–Trinajstić information content (AvgIpc) is 3.16. The Morgan fingerprint density at radius 2 is 1.88 bits per heavy atom. The molecule has 168 valence electrons. The Kier molecular flexibility index (Phi) is 6.24. The maximum atomic E-state index is 13.3. The lowest BCUT2D eigenvalue weighted by atomic mass is 10.1. The maximum Gasteiger partial charge on any atom is 0.296 e. The quantitative estimate of drug-likeness (QED) is 0.529. The highest BCUT2D eigenvalue weighted by Crippen LogP contribution is 2.39. The predicted molar refractivity (Wildman–Crippen MR) is 123 cm³/mol. The number of rotatable bonds is 6. The minimum absolute atomic E-state index is 0.0300. The molecule has 0 saturated carbocycles. The van der Waals surface area contributed by atoms with E-state index >= 15 is 0 Å². The van der Waals surface area contributed by atoms with Gasteiger partial charge in [-0.15, -0.1) is 0 Å². The van der Waals surface area contributed by atoms with Crippen LogP contribution in [0.3, 0.4) is 0 Å². The molecular formula is C23H23BrN2O5S. The second-order valence-corrected chi connectivity index (χ2v) is 10.7. The molecule has 32 heavy (non-hydrogen) atoms. The van der Waals surface area contributed by atoms with Gasteiger partial charge in [0.05, 0.1) is 17.0 Å². The molecule has 0 bridgehead atoms. The zero-order valence-corrected chi connectivity index (χ0v) is 20.1. The van der Waals surface area contributed by atoms with E-state index in [0.29, 0.717) is 10.9 Å².